The zero-order valence-corrected chi connectivity index (χ0v) is 18.4. The Labute approximate surface area is 188 Å². The van der Waals surface area contributed by atoms with Crippen molar-refractivity contribution in [1.29, 1.82) is 0 Å². The molecule has 0 spiro atoms. The van der Waals surface area contributed by atoms with Crippen LogP contribution >= 0.6 is 11.3 Å². The number of carbonyl (C=O) groups is 2. The van der Waals surface area contributed by atoms with Gasteiger partial charge < -0.3 is 29.7 Å². The first kappa shape index (κ1) is 21.5. The molecule has 2 aromatic carbocycles. The van der Waals surface area contributed by atoms with Gasteiger partial charge in [-0.1, -0.05) is 12.1 Å². The predicted octanol–water partition coefficient (Wildman–Crippen LogP) is 4.32. The molecule has 0 bridgehead atoms. The summed E-state index contributed by atoms with van der Waals surface area (Å²) in [7, 11) is 4.40. The normalized spacial score (nSPS) is 15.0. The maximum absolute atomic E-state index is 12.7. The van der Waals surface area contributed by atoms with Gasteiger partial charge in [-0.15, -0.1) is 11.3 Å². The van der Waals surface area contributed by atoms with Crippen LogP contribution in [0.4, 0.5) is 5.69 Å². The van der Waals surface area contributed by atoms with Crippen LogP contribution in [0.3, 0.4) is 0 Å². The maximum Gasteiger partial charge on any atom is 0.346 e. The van der Waals surface area contributed by atoms with Crippen molar-refractivity contribution in [1.82, 2.24) is 0 Å². The lowest BCUT2D eigenvalue weighted by molar-refractivity contribution is -0.116. The fraction of sp³-hybridized carbons (Fsp3) is 0.217. The van der Waals surface area contributed by atoms with Crippen molar-refractivity contribution in [3.05, 3.63) is 51.7 Å². The van der Waals surface area contributed by atoms with Crippen LogP contribution in [0.5, 0.6) is 23.0 Å². The zero-order chi connectivity index (χ0) is 23.0. The molecular formula is C23H21NO7S. The number of rotatable bonds is 6. The van der Waals surface area contributed by atoms with Crippen molar-refractivity contribution in [3.63, 3.8) is 0 Å². The van der Waals surface area contributed by atoms with Crippen LogP contribution < -0.4 is 19.5 Å². The number of carboxylic acid groups (broad SMARTS) is 1. The molecule has 0 saturated heterocycles. The lowest BCUT2D eigenvalue weighted by Gasteiger charge is -2.25. The summed E-state index contributed by atoms with van der Waals surface area (Å²) in [6.07, 6.45) is 0.117. The van der Waals surface area contributed by atoms with Gasteiger partial charge in [-0.05, 0) is 35.4 Å². The molecule has 1 atom stereocenters. The van der Waals surface area contributed by atoms with E-state index in [1.165, 1.54) is 14.2 Å². The Morgan fingerprint density at radius 1 is 1.06 bits per heavy atom. The molecule has 1 amide bonds. The Bertz CT molecular complexity index is 1170. The van der Waals surface area contributed by atoms with Crippen molar-refractivity contribution in [2.45, 2.75) is 12.3 Å². The Morgan fingerprint density at radius 3 is 2.22 bits per heavy atom. The van der Waals surface area contributed by atoms with E-state index in [2.05, 4.69) is 5.32 Å². The van der Waals surface area contributed by atoms with Crippen LogP contribution in [-0.4, -0.2) is 43.4 Å². The van der Waals surface area contributed by atoms with Crippen LogP contribution in [0.15, 0.2) is 36.4 Å². The van der Waals surface area contributed by atoms with E-state index in [0.717, 1.165) is 11.3 Å². The number of carbonyl (C=O) groups excluding carboxylic acids is 1. The molecule has 0 saturated carbocycles. The molecule has 3 aromatic rings. The largest absolute Gasteiger partial charge is 0.502 e. The van der Waals surface area contributed by atoms with Crippen LogP contribution in [-0.2, 0) is 4.79 Å². The predicted molar refractivity (Wildman–Crippen MR) is 120 cm³/mol. The van der Waals surface area contributed by atoms with E-state index < -0.39 is 11.9 Å². The number of amides is 1. The molecule has 1 aromatic heterocycles. The third-order valence-corrected chi connectivity index (χ3v) is 6.67. The van der Waals surface area contributed by atoms with Crippen molar-refractivity contribution in [2.75, 3.05) is 26.6 Å². The Hall–Kier alpha value is -3.72. The van der Waals surface area contributed by atoms with E-state index in [4.69, 9.17) is 14.2 Å². The first-order valence-electron chi connectivity index (χ1n) is 9.67. The topological polar surface area (TPSA) is 114 Å². The number of methoxy groups -OCH3 is 3. The second-order valence-electron chi connectivity index (χ2n) is 7.16. The second kappa shape index (κ2) is 8.43. The Morgan fingerprint density at radius 2 is 1.69 bits per heavy atom. The number of thiophene rings is 1. The molecular weight excluding hydrogens is 434 g/mol. The minimum absolute atomic E-state index is 0.117. The number of carboxylic acids is 1. The molecule has 0 aliphatic carbocycles. The molecule has 0 unspecified atom stereocenters. The highest BCUT2D eigenvalue weighted by Gasteiger charge is 2.35. The maximum atomic E-state index is 12.7. The van der Waals surface area contributed by atoms with Gasteiger partial charge in [0.25, 0.3) is 0 Å². The first-order chi connectivity index (χ1) is 15.4. The third-order valence-electron chi connectivity index (χ3n) is 5.38. The van der Waals surface area contributed by atoms with Crippen molar-refractivity contribution in [2.24, 2.45) is 0 Å². The van der Waals surface area contributed by atoms with Crippen molar-refractivity contribution >= 4 is 28.9 Å². The minimum atomic E-state index is -1.08. The van der Waals surface area contributed by atoms with Crippen LogP contribution in [0.25, 0.3) is 11.1 Å². The molecule has 9 heteroatoms. The van der Waals surface area contributed by atoms with E-state index >= 15 is 0 Å². The summed E-state index contributed by atoms with van der Waals surface area (Å²) in [5, 5.41) is 23.0. The number of aromatic hydroxyl groups is 1. The van der Waals surface area contributed by atoms with Crippen molar-refractivity contribution in [3.8, 4) is 34.1 Å². The Balaban J connectivity index is 1.92. The standard InChI is InChI=1S/C23H21NO7S/c1-29-13-6-4-11(5-7-13)18-19-21(32-22(18)23(27)28)14(10-17(25)24-19)12-8-15(30-2)20(26)16(9-12)31-3/h4-9,14,26H,10H2,1-3H3,(H,24,25)(H,27,28)/t14-/m0/s1. The van der Waals surface area contributed by atoms with Gasteiger partial charge in [0, 0.05) is 22.8 Å². The van der Waals surface area contributed by atoms with Gasteiger partial charge >= 0.3 is 5.97 Å². The summed E-state index contributed by atoms with van der Waals surface area (Å²) in [5.74, 6) is -0.843. The number of hydrogen-bond acceptors (Lipinski definition) is 7. The van der Waals surface area contributed by atoms with Gasteiger partial charge in [-0.25, -0.2) is 4.79 Å². The lowest BCUT2D eigenvalue weighted by Crippen LogP contribution is -2.22. The summed E-state index contributed by atoms with van der Waals surface area (Å²) in [6.45, 7) is 0. The molecule has 166 valence electrons. The molecule has 8 nitrogen and oxygen atoms in total. The van der Waals surface area contributed by atoms with Crippen molar-refractivity contribution < 1.29 is 34.0 Å². The average molecular weight is 455 g/mol. The van der Waals surface area contributed by atoms with Crippen LogP contribution in [0, 0.1) is 0 Å². The summed E-state index contributed by atoms with van der Waals surface area (Å²) in [4.78, 5) is 25.6. The van der Waals surface area contributed by atoms with Crippen LogP contribution in [0.2, 0.25) is 0 Å². The number of anilines is 1. The highest BCUT2D eigenvalue weighted by atomic mass is 32.1. The van der Waals surface area contributed by atoms with E-state index in [-0.39, 0.29) is 34.5 Å². The number of benzene rings is 2. The van der Waals surface area contributed by atoms with Gasteiger partial charge in [0.1, 0.15) is 10.6 Å². The van der Waals surface area contributed by atoms with E-state index in [1.807, 2.05) is 0 Å². The van der Waals surface area contributed by atoms with Gasteiger partial charge in [0.2, 0.25) is 11.7 Å². The first-order valence-corrected chi connectivity index (χ1v) is 10.5. The quantitative estimate of drug-likeness (QED) is 0.507. The SMILES string of the molecule is COc1ccc(-c2c(C(=O)O)sc3c2NC(=O)C[C@H]3c2cc(OC)c(O)c(OC)c2)cc1. The number of hydrogen-bond donors (Lipinski definition) is 3. The fourth-order valence-corrected chi connectivity index (χ4v) is 5.10. The molecule has 0 fully saturated rings. The zero-order valence-electron chi connectivity index (χ0n) is 17.6. The number of nitrogens with one attached hydrogen (secondary N) is 1. The smallest absolute Gasteiger partial charge is 0.346 e. The molecule has 2 heterocycles. The third kappa shape index (κ3) is 3.60. The fourth-order valence-electron chi connectivity index (χ4n) is 3.85. The molecule has 1 aliphatic rings. The molecule has 32 heavy (non-hydrogen) atoms. The summed E-state index contributed by atoms with van der Waals surface area (Å²) in [6, 6.07) is 10.3. The van der Waals surface area contributed by atoms with Gasteiger partial charge in [-0.2, -0.15) is 0 Å². The molecule has 3 N–H and O–H groups in total. The summed E-state index contributed by atoms with van der Waals surface area (Å²) >= 11 is 1.12. The van der Waals surface area contributed by atoms with Gasteiger partial charge in [0.05, 0.1) is 27.0 Å². The number of ether oxygens (including phenoxy) is 3. The van der Waals surface area contributed by atoms with Gasteiger partial charge in [-0.3, -0.25) is 4.79 Å². The summed E-state index contributed by atoms with van der Waals surface area (Å²) in [5.41, 5.74) is 2.26. The highest BCUT2D eigenvalue weighted by Crippen LogP contribution is 2.51. The Kier molecular flexibility index (Phi) is 5.67. The summed E-state index contributed by atoms with van der Waals surface area (Å²) < 4.78 is 15.7. The minimum Gasteiger partial charge on any atom is -0.502 e. The molecule has 1 aliphatic heterocycles. The monoisotopic (exact) mass is 455 g/mol. The number of phenolic OH excluding ortho intramolecular Hbond substituents is 1. The average Bonchev–Trinajstić information content (AvgIpc) is 3.18. The number of phenols is 1. The lowest BCUT2D eigenvalue weighted by atomic mass is 9.88. The van der Waals surface area contributed by atoms with Crippen LogP contribution in [0.1, 0.15) is 32.5 Å². The van der Waals surface area contributed by atoms with E-state index in [0.29, 0.717) is 33.0 Å². The van der Waals surface area contributed by atoms with E-state index in [9.17, 15) is 19.8 Å². The molecule has 0 radical (unpaired) electrons. The van der Waals surface area contributed by atoms with E-state index in [1.54, 1.807) is 43.5 Å². The van der Waals surface area contributed by atoms with Gasteiger partial charge in [0.15, 0.2) is 11.5 Å². The highest BCUT2D eigenvalue weighted by molar-refractivity contribution is 7.15. The molecule has 4 rings (SSSR count). The number of fused-ring (bicyclic) bond motifs is 1. The second-order valence-corrected chi connectivity index (χ2v) is 8.21. The number of aromatic carboxylic acids is 1.